The second kappa shape index (κ2) is 11.8. The number of carbonyl (C=O) groups is 1. The molecule has 1 heterocycles. The lowest BCUT2D eigenvalue weighted by Crippen LogP contribution is -2.51. The standard InChI is InChI=1S/C29H38ClFN6O/c1-4-5-25(21-8-6-19(7-9-21)16-26(32)35-36-33)37-28(38)27(22-10-11-24(31)23(30)17-22)34-29(37)14-12-20(13-15-29)18(2)3/h6-11,17-18,20,25,36H,4-5,12-16,33H2,1-3H3,(H2,32,35). The van der Waals surface area contributed by atoms with E-state index >= 15 is 0 Å². The molecule has 1 fully saturated rings. The Morgan fingerprint density at radius 1 is 1.24 bits per heavy atom. The first-order valence-electron chi connectivity index (χ1n) is 13.4. The van der Waals surface area contributed by atoms with Gasteiger partial charge in [-0.2, -0.15) is 5.10 Å². The molecule has 9 heteroatoms. The predicted octanol–water partition coefficient (Wildman–Crippen LogP) is 5.47. The molecule has 2 aromatic rings. The van der Waals surface area contributed by atoms with Crippen LogP contribution >= 0.6 is 11.6 Å². The molecule has 0 saturated heterocycles. The number of halogens is 2. The molecule has 0 bridgehead atoms. The number of hydrogen-bond acceptors (Lipinski definition) is 5. The second-order valence-corrected chi connectivity index (χ2v) is 11.2. The average molecular weight is 541 g/mol. The lowest BCUT2D eigenvalue weighted by atomic mass is 9.76. The molecule has 1 spiro atoms. The van der Waals surface area contributed by atoms with Crippen molar-refractivity contribution in [3.8, 4) is 0 Å². The quantitative estimate of drug-likeness (QED) is 0.169. The van der Waals surface area contributed by atoms with Gasteiger partial charge in [0.15, 0.2) is 0 Å². The van der Waals surface area contributed by atoms with Gasteiger partial charge in [0, 0.05) is 12.0 Å². The summed E-state index contributed by atoms with van der Waals surface area (Å²) in [6, 6.07) is 12.4. The summed E-state index contributed by atoms with van der Waals surface area (Å²) in [7, 11) is 0. The number of carbonyl (C=O) groups excluding carboxylic acids is 1. The highest BCUT2D eigenvalue weighted by molar-refractivity contribution is 6.47. The van der Waals surface area contributed by atoms with Crippen LogP contribution in [0, 0.1) is 17.7 Å². The van der Waals surface area contributed by atoms with E-state index in [0.29, 0.717) is 35.4 Å². The summed E-state index contributed by atoms with van der Waals surface area (Å²) in [6.45, 7) is 6.65. The van der Waals surface area contributed by atoms with Gasteiger partial charge in [-0.05, 0) is 73.3 Å². The maximum atomic E-state index is 14.2. The molecule has 1 amide bonds. The van der Waals surface area contributed by atoms with Crippen molar-refractivity contribution in [2.75, 3.05) is 0 Å². The number of amidine groups is 1. The molecule has 1 saturated carbocycles. The van der Waals surface area contributed by atoms with Gasteiger partial charge in [0.25, 0.3) is 5.91 Å². The van der Waals surface area contributed by atoms with Crippen molar-refractivity contribution in [1.29, 1.82) is 0 Å². The zero-order valence-electron chi connectivity index (χ0n) is 22.4. The number of nitrogens with one attached hydrogen (secondary N) is 1. The molecule has 1 aliphatic carbocycles. The van der Waals surface area contributed by atoms with Gasteiger partial charge in [-0.15, -0.1) is 0 Å². The van der Waals surface area contributed by atoms with Crippen molar-refractivity contribution in [2.45, 2.75) is 77.4 Å². The minimum Gasteiger partial charge on any atom is -0.385 e. The van der Waals surface area contributed by atoms with Gasteiger partial charge in [-0.1, -0.05) is 63.1 Å². The van der Waals surface area contributed by atoms with E-state index in [1.165, 1.54) is 12.1 Å². The first-order valence-corrected chi connectivity index (χ1v) is 13.8. The van der Waals surface area contributed by atoms with Crippen LogP contribution in [-0.4, -0.2) is 28.0 Å². The second-order valence-electron chi connectivity index (χ2n) is 10.8. The van der Waals surface area contributed by atoms with Crippen LogP contribution in [0.3, 0.4) is 0 Å². The number of amides is 1. The van der Waals surface area contributed by atoms with Crippen LogP contribution in [0.25, 0.3) is 0 Å². The van der Waals surface area contributed by atoms with Crippen LogP contribution < -0.4 is 17.1 Å². The zero-order chi connectivity index (χ0) is 27.4. The number of rotatable bonds is 9. The summed E-state index contributed by atoms with van der Waals surface area (Å²) in [6.07, 6.45) is 5.79. The summed E-state index contributed by atoms with van der Waals surface area (Å²) in [4.78, 5) is 21.3. The molecule has 1 aliphatic heterocycles. The van der Waals surface area contributed by atoms with Crippen molar-refractivity contribution >= 4 is 29.1 Å². The molecule has 38 heavy (non-hydrogen) atoms. The number of aliphatic imine (C=N–C) groups is 1. The Bertz CT molecular complexity index is 1200. The minimum atomic E-state index is -0.624. The van der Waals surface area contributed by atoms with E-state index in [1.54, 1.807) is 6.07 Å². The normalized spacial score (nSPS) is 22.8. The minimum absolute atomic E-state index is 0.0117. The van der Waals surface area contributed by atoms with Gasteiger partial charge >= 0.3 is 0 Å². The Morgan fingerprint density at radius 2 is 1.92 bits per heavy atom. The van der Waals surface area contributed by atoms with Gasteiger partial charge in [0.2, 0.25) is 0 Å². The smallest absolute Gasteiger partial charge is 0.275 e. The third kappa shape index (κ3) is 5.71. The van der Waals surface area contributed by atoms with Crippen LogP contribution in [0.2, 0.25) is 5.02 Å². The van der Waals surface area contributed by atoms with Gasteiger partial charge in [0.05, 0.1) is 11.1 Å². The van der Waals surface area contributed by atoms with Crippen LogP contribution in [0.5, 0.6) is 0 Å². The highest BCUT2D eigenvalue weighted by Crippen LogP contribution is 2.48. The van der Waals surface area contributed by atoms with Crippen molar-refractivity contribution in [2.24, 2.45) is 33.5 Å². The molecule has 5 N–H and O–H groups in total. The van der Waals surface area contributed by atoms with E-state index in [1.807, 2.05) is 17.0 Å². The van der Waals surface area contributed by atoms with Crippen LogP contribution in [-0.2, 0) is 11.2 Å². The first-order chi connectivity index (χ1) is 18.2. The summed E-state index contributed by atoms with van der Waals surface area (Å²) in [5.74, 6) is 6.18. The molecular weight excluding hydrogens is 503 g/mol. The average Bonchev–Trinajstić information content (AvgIpc) is 3.16. The highest BCUT2D eigenvalue weighted by atomic mass is 35.5. The molecule has 1 atom stereocenters. The first kappa shape index (κ1) is 28.0. The highest BCUT2D eigenvalue weighted by Gasteiger charge is 2.51. The van der Waals surface area contributed by atoms with Gasteiger partial charge in [-0.25, -0.2) is 15.8 Å². The van der Waals surface area contributed by atoms with Crippen LogP contribution in [0.15, 0.2) is 52.6 Å². The third-order valence-electron chi connectivity index (χ3n) is 7.99. The lowest BCUT2D eigenvalue weighted by molar-refractivity contribution is -0.133. The van der Waals surface area contributed by atoms with E-state index in [0.717, 1.165) is 49.7 Å². The largest absolute Gasteiger partial charge is 0.385 e. The van der Waals surface area contributed by atoms with E-state index in [9.17, 15) is 9.18 Å². The molecule has 4 rings (SSSR count). The monoisotopic (exact) mass is 540 g/mol. The third-order valence-corrected chi connectivity index (χ3v) is 8.28. The molecule has 0 radical (unpaired) electrons. The van der Waals surface area contributed by atoms with Gasteiger partial charge in [-0.3, -0.25) is 9.79 Å². The molecular formula is C29H38ClFN6O. The van der Waals surface area contributed by atoms with Crippen molar-refractivity contribution in [1.82, 2.24) is 10.4 Å². The van der Waals surface area contributed by atoms with E-state index in [-0.39, 0.29) is 17.0 Å². The zero-order valence-corrected chi connectivity index (χ0v) is 23.1. The van der Waals surface area contributed by atoms with Crippen LogP contribution in [0.4, 0.5) is 4.39 Å². The molecule has 2 aromatic carbocycles. The van der Waals surface area contributed by atoms with Crippen molar-refractivity contribution in [3.05, 3.63) is 70.0 Å². The fourth-order valence-corrected chi connectivity index (χ4v) is 6.09. The number of nitrogens with two attached hydrogens (primary N) is 2. The SMILES string of the molecule is CCCC(c1ccc(C/C(N)=N/NN)cc1)N1C(=O)C(c2ccc(F)c(Cl)c2)=NC12CCC(C(C)C)CC2. The number of hydrogen-bond donors (Lipinski definition) is 3. The molecule has 0 aromatic heterocycles. The number of nitrogens with zero attached hydrogens (tertiary/aromatic N) is 3. The topological polar surface area (TPSA) is 109 Å². The Hall–Kier alpha value is -2.97. The molecule has 7 nitrogen and oxygen atoms in total. The summed E-state index contributed by atoms with van der Waals surface area (Å²) in [5.41, 5.74) is 10.5. The van der Waals surface area contributed by atoms with E-state index in [4.69, 9.17) is 28.2 Å². The predicted molar refractivity (Wildman–Crippen MR) is 151 cm³/mol. The van der Waals surface area contributed by atoms with Gasteiger partial charge < -0.3 is 10.6 Å². The van der Waals surface area contributed by atoms with Gasteiger partial charge in [0.1, 0.15) is 23.0 Å². The Balaban J connectivity index is 1.72. The van der Waals surface area contributed by atoms with E-state index in [2.05, 4.69) is 43.5 Å². The fraction of sp³-hybridized carbons (Fsp3) is 0.483. The Labute approximate surface area is 229 Å². The fourth-order valence-electron chi connectivity index (χ4n) is 5.91. The molecule has 204 valence electrons. The van der Waals surface area contributed by atoms with Crippen LogP contribution in [0.1, 0.15) is 82.0 Å². The Kier molecular flexibility index (Phi) is 8.73. The maximum absolute atomic E-state index is 14.2. The van der Waals surface area contributed by atoms with Crippen molar-refractivity contribution < 1.29 is 9.18 Å². The molecule has 2 aliphatic rings. The number of hydrazine groups is 1. The van der Waals surface area contributed by atoms with Crippen molar-refractivity contribution in [3.63, 3.8) is 0 Å². The lowest BCUT2D eigenvalue weighted by Gasteiger charge is -2.46. The summed E-state index contributed by atoms with van der Waals surface area (Å²) in [5, 5.41) is 3.81. The van der Waals surface area contributed by atoms with E-state index < -0.39 is 11.5 Å². The molecule has 1 unspecified atom stereocenters. The number of benzene rings is 2. The Morgan fingerprint density at radius 3 is 2.50 bits per heavy atom. The maximum Gasteiger partial charge on any atom is 0.275 e. The summed E-state index contributed by atoms with van der Waals surface area (Å²) >= 11 is 6.10. The number of hydrazone groups is 1. The summed E-state index contributed by atoms with van der Waals surface area (Å²) < 4.78 is 13.9.